The molecule has 1 rings (SSSR count). The largest absolute Gasteiger partial charge is 0.464 e. The van der Waals surface area contributed by atoms with Gasteiger partial charge in [0.25, 0.3) is 0 Å². The van der Waals surface area contributed by atoms with Crippen LogP contribution in [0.1, 0.15) is 13.8 Å². The summed E-state index contributed by atoms with van der Waals surface area (Å²) in [6.07, 6.45) is 0. The van der Waals surface area contributed by atoms with Crippen molar-refractivity contribution in [2.24, 2.45) is 4.99 Å². The molecule has 1 aliphatic rings. The van der Waals surface area contributed by atoms with Crippen molar-refractivity contribution in [1.29, 1.82) is 0 Å². The summed E-state index contributed by atoms with van der Waals surface area (Å²) >= 11 is 6.28. The molecular formula is C7H9NO2S2. The van der Waals surface area contributed by atoms with E-state index in [4.69, 9.17) is 17.0 Å². The molecule has 5 heteroatoms. The Balaban J connectivity index is 2.77. The van der Waals surface area contributed by atoms with Gasteiger partial charge in [0.05, 0.1) is 16.4 Å². The highest BCUT2D eigenvalue weighted by molar-refractivity contribution is 8.32. The van der Waals surface area contributed by atoms with Crippen molar-refractivity contribution in [1.82, 2.24) is 0 Å². The van der Waals surface area contributed by atoms with Gasteiger partial charge in [0.15, 0.2) is 5.54 Å². The number of ether oxygens (including phenoxy) is 1. The highest BCUT2D eigenvalue weighted by Crippen LogP contribution is 2.28. The third-order valence-corrected chi connectivity index (χ3v) is 3.05. The van der Waals surface area contributed by atoms with E-state index in [0.717, 1.165) is 0 Å². The lowest BCUT2D eigenvalue weighted by Gasteiger charge is -2.17. The number of thioether (sulfide) groups is 1. The normalized spacial score (nSPS) is 27.7. The maximum absolute atomic E-state index is 11.3. The van der Waals surface area contributed by atoms with E-state index in [1.54, 1.807) is 19.4 Å². The predicted molar refractivity (Wildman–Crippen MR) is 53.7 cm³/mol. The Morgan fingerprint density at radius 3 is 3.00 bits per heavy atom. The van der Waals surface area contributed by atoms with Crippen LogP contribution in [0, 0.1) is 0 Å². The zero-order valence-corrected chi connectivity index (χ0v) is 8.50. The van der Waals surface area contributed by atoms with Gasteiger partial charge in [-0.15, -0.1) is 0 Å². The molecule has 0 aromatic heterocycles. The van der Waals surface area contributed by atoms with Gasteiger partial charge in [-0.2, -0.15) is 0 Å². The minimum Gasteiger partial charge on any atom is -0.464 e. The highest BCUT2D eigenvalue weighted by Gasteiger charge is 2.41. The zero-order valence-electron chi connectivity index (χ0n) is 6.86. The lowest BCUT2D eigenvalue weighted by atomic mass is 10.1. The summed E-state index contributed by atoms with van der Waals surface area (Å²) in [6.45, 7) is 3.79. The minimum atomic E-state index is -0.935. The molecule has 0 saturated carbocycles. The van der Waals surface area contributed by atoms with Gasteiger partial charge in [-0.3, -0.25) is 4.99 Å². The molecule has 0 aromatic rings. The third-order valence-electron chi connectivity index (χ3n) is 1.54. The molecule has 1 unspecified atom stereocenters. The summed E-state index contributed by atoms with van der Waals surface area (Å²) in [7, 11) is 0. The van der Waals surface area contributed by atoms with Crippen molar-refractivity contribution >= 4 is 39.7 Å². The van der Waals surface area contributed by atoms with Crippen molar-refractivity contribution in [2.75, 3.05) is 6.61 Å². The van der Waals surface area contributed by atoms with E-state index >= 15 is 0 Å². The molecule has 0 aliphatic carbocycles. The topological polar surface area (TPSA) is 38.7 Å². The fraction of sp³-hybridized carbons (Fsp3) is 0.571. The maximum Gasteiger partial charge on any atom is 0.339 e. The molecule has 1 atom stereocenters. The maximum atomic E-state index is 11.3. The number of hydrogen-bond acceptors (Lipinski definition) is 5. The molecule has 0 fully saturated rings. The molecule has 66 valence electrons. The molecule has 12 heavy (non-hydrogen) atoms. The summed E-state index contributed by atoms with van der Waals surface area (Å²) in [5.41, 5.74) is 0.648. The van der Waals surface area contributed by atoms with E-state index in [1.807, 2.05) is 0 Å². The van der Waals surface area contributed by atoms with Gasteiger partial charge in [0.2, 0.25) is 0 Å². The van der Waals surface area contributed by atoms with Gasteiger partial charge in [-0.1, -0.05) is 24.0 Å². The number of nitrogens with zero attached hydrogens (tertiary/aromatic N) is 1. The minimum absolute atomic E-state index is 0.358. The molecular weight excluding hydrogens is 194 g/mol. The number of rotatable bonds is 2. The summed E-state index contributed by atoms with van der Waals surface area (Å²) in [5, 5.41) is 0. The fourth-order valence-electron chi connectivity index (χ4n) is 0.755. The first-order valence-corrected chi connectivity index (χ1v) is 4.82. The average Bonchev–Trinajstić information content (AvgIpc) is 2.34. The van der Waals surface area contributed by atoms with Gasteiger partial charge in [0.1, 0.15) is 0 Å². The van der Waals surface area contributed by atoms with E-state index in [9.17, 15) is 4.79 Å². The monoisotopic (exact) mass is 203 g/mol. The Kier molecular flexibility index (Phi) is 2.85. The second-order valence-electron chi connectivity index (χ2n) is 2.43. The summed E-state index contributed by atoms with van der Waals surface area (Å²) in [5.74, 6) is -0.365. The molecule has 3 nitrogen and oxygen atoms in total. The Bertz CT molecular complexity index is 252. The number of esters is 1. The SMILES string of the molecule is CCOC(=O)C1(C)N=CSC1=S. The summed E-state index contributed by atoms with van der Waals surface area (Å²) < 4.78 is 5.40. The molecule has 0 amide bonds. The van der Waals surface area contributed by atoms with Crippen LogP contribution in [0.2, 0.25) is 0 Å². The second kappa shape index (κ2) is 3.53. The first-order valence-electron chi connectivity index (χ1n) is 3.53. The lowest BCUT2D eigenvalue weighted by molar-refractivity contribution is -0.145. The van der Waals surface area contributed by atoms with Crippen molar-refractivity contribution in [3.8, 4) is 0 Å². The van der Waals surface area contributed by atoms with Gasteiger partial charge in [-0.25, -0.2) is 4.79 Å². The van der Waals surface area contributed by atoms with E-state index < -0.39 is 5.54 Å². The van der Waals surface area contributed by atoms with Crippen LogP contribution in [0.25, 0.3) is 0 Å². The fourth-order valence-corrected chi connectivity index (χ4v) is 1.74. The molecule has 0 bridgehead atoms. The van der Waals surface area contributed by atoms with Gasteiger partial charge >= 0.3 is 5.97 Å². The number of carbonyl (C=O) groups is 1. The number of aliphatic imine (C=N–C) groups is 1. The first-order chi connectivity index (χ1) is 5.61. The molecule has 0 aromatic carbocycles. The van der Waals surface area contributed by atoms with Crippen LogP contribution in [-0.2, 0) is 9.53 Å². The van der Waals surface area contributed by atoms with E-state index in [2.05, 4.69) is 4.99 Å². The average molecular weight is 203 g/mol. The van der Waals surface area contributed by atoms with Gasteiger partial charge < -0.3 is 4.74 Å². The van der Waals surface area contributed by atoms with Crippen molar-refractivity contribution in [3.63, 3.8) is 0 Å². The molecule has 0 radical (unpaired) electrons. The Labute approximate surface area is 80.6 Å². The summed E-state index contributed by atoms with van der Waals surface area (Å²) in [6, 6.07) is 0. The standard InChI is InChI=1S/C7H9NO2S2/c1-3-10-5(9)7(2)6(11)12-4-8-7/h4H,3H2,1-2H3. The van der Waals surface area contributed by atoms with Crippen LogP contribution >= 0.6 is 24.0 Å². The zero-order chi connectivity index (χ0) is 9.19. The molecule has 0 saturated heterocycles. The van der Waals surface area contributed by atoms with Crippen LogP contribution in [0.5, 0.6) is 0 Å². The first kappa shape index (κ1) is 9.67. The Morgan fingerprint density at radius 1 is 1.92 bits per heavy atom. The Morgan fingerprint density at radius 2 is 2.58 bits per heavy atom. The van der Waals surface area contributed by atoms with Crippen LogP contribution < -0.4 is 0 Å². The Hall–Kier alpha value is -0.420. The van der Waals surface area contributed by atoms with Crippen molar-refractivity contribution < 1.29 is 9.53 Å². The van der Waals surface area contributed by atoms with Gasteiger partial charge in [0, 0.05) is 0 Å². The van der Waals surface area contributed by atoms with E-state index in [0.29, 0.717) is 10.8 Å². The lowest BCUT2D eigenvalue weighted by Crippen LogP contribution is -2.38. The van der Waals surface area contributed by atoms with E-state index in [-0.39, 0.29) is 5.97 Å². The van der Waals surface area contributed by atoms with E-state index in [1.165, 1.54) is 11.8 Å². The number of thiocarbonyl (C=S) groups is 1. The predicted octanol–water partition coefficient (Wildman–Crippen LogP) is 1.41. The molecule has 0 N–H and O–H groups in total. The van der Waals surface area contributed by atoms with Crippen LogP contribution in [0.3, 0.4) is 0 Å². The highest BCUT2D eigenvalue weighted by atomic mass is 32.2. The quantitative estimate of drug-likeness (QED) is 0.502. The number of hydrogen-bond donors (Lipinski definition) is 0. The number of carbonyl (C=O) groups excluding carboxylic acids is 1. The van der Waals surface area contributed by atoms with Crippen LogP contribution in [0.4, 0.5) is 0 Å². The van der Waals surface area contributed by atoms with Crippen LogP contribution in [-0.4, -0.2) is 27.9 Å². The van der Waals surface area contributed by atoms with Crippen molar-refractivity contribution in [2.45, 2.75) is 19.4 Å². The van der Waals surface area contributed by atoms with Gasteiger partial charge in [-0.05, 0) is 13.8 Å². The molecule has 1 aliphatic heterocycles. The summed E-state index contributed by atoms with van der Waals surface area (Å²) in [4.78, 5) is 15.3. The smallest absolute Gasteiger partial charge is 0.339 e. The van der Waals surface area contributed by atoms with Crippen molar-refractivity contribution in [3.05, 3.63) is 0 Å². The third kappa shape index (κ3) is 1.51. The van der Waals surface area contributed by atoms with Crippen LogP contribution in [0.15, 0.2) is 4.99 Å². The molecule has 1 heterocycles. The molecule has 0 spiro atoms. The second-order valence-corrected chi connectivity index (χ2v) is 3.95.